The maximum atomic E-state index is 12.4. The molecule has 21 heavy (non-hydrogen) atoms. The van der Waals surface area contributed by atoms with Gasteiger partial charge in [0.25, 0.3) is 5.91 Å². The van der Waals surface area contributed by atoms with Gasteiger partial charge >= 0.3 is 0 Å². The van der Waals surface area contributed by atoms with Gasteiger partial charge in [0.1, 0.15) is 5.82 Å². The van der Waals surface area contributed by atoms with E-state index in [0.717, 1.165) is 32.0 Å². The third kappa shape index (κ3) is 4.43. The highest BCUT2D eigenvalue weighted by molar-refractivity contribution is 5.93. The number of rotatable bonds is 5. The summed E-state index contributed by atoms with van der Waals surface area (Å²) in [5.41, 5.74) is 0.659. The Balaban J connectivity index is 1.89. The van der Waals surface area contributed by atoms with Crippen molar-refractivity contribution < 1.29 is 4.79 Å². The lowest BCUT2D eigenvalue weighted by atomic mass is 9.96. The molecular formula is C16H26N4O. The van der Waals surface area contributed by atoms with Gasteiger partial charge in [-0.05, 0) is 58.0 Å². The summed E-state index contributed by atoms with van der Waals surface area (Å²) >= 11 is 0. The number of anilines is 1. The van der Waals surface area contributed by atoms with Crippen LogP contribution >= 0.6 is 0 Å². The average Bonchev–Trinajstić information content (AvgIpc) is 2.50. The Kier molecular flexibility index (Phi) is 5.56. The van der Waals surface area contributed by atoms with Crippen molar-refractivity contribution in [1.82, 2.24) is 14.8 Å². The van der Waals surface area contributed by atoms with Crippen molar-refractivity contribution in [3.8, 4) is 0 Å². The molecule has 0 saturated carbocycles. The zero-order chi connectivity index (χ0) is 15.2. The molecule has 1 aliphatic heterocycles. The van der Waals surface area contributed by atoms with Gasteiger partial charge in [0, 0.05) is 26.3 Å². The van der Waals surface area contributed by atoms with Crippen molar-refractivity contribution in [1.29, 1.82) is 0 Å². The van der Waals surface area contributed by atoms with Gasteiger partial charge in [0.2, 0.25) is 0 Å². The molecule has 1 amide bonds. The van der Waals surface area contributed by atoms with Crippen LogP contribution in [-0.2, 0) is 0 Å². The lowest BCUT2D eigenvalue weighted by Gasteiger charge is -2.31. The van der Waals surface area contributed by atoms with Crippen LogP contribution < -0.4 is 5.32 Å². The second kappa shape index (κ2) is 7.41. The Morgan fingerprint density at radius 2 is 2.14 bits per heavy atom. The summed E-state index contributed by atoms with van der Waals surface area (Å²) in [7, 11) is 4.04. The first kappa shape index (κ1) is 15.8. The van der Waals surface area contributed by atoms with Crippen molar-refractivity contribution in [3.63, 3.8) is 0 Å². The minimum absolute atomic E-state index is 0.0597. The van der Waals surface area contributed by atoms with Crippen molar-refractivity contribution in [2.45, 2.75) is 19.8 Å². The first-order valence-electron chi connectivity index (χ1n) is 7.74. The molecule has 0 atom stereocenters. The minimum Gasteiger partial charge on any atom is -0.370 e. The number of carbonyl (C=O) groups is 1. The van der Waals surface area contributed by atoms with Crippen LogP contribution in [0.1, 0.15) is 30.1 Å². The van der Waals surface area contributed by atoms with Crippen LogP contribution in [0.2, 0.25) is 0 Å². The highest BCUT2D eigenvalue weighted by Crippen LogP contribution is 2.17. The van der Waals surface area contributed by atoms with E-state index in [0.29, 0.717) is 11.5 Å². The largest absolute Gasteiger partial charge is 0.370 e. The minimum atomic E-state index is 0.0597. The SMILES string of the molecule is CCNc1ccc(C(=O)N(C)CC2CCN(C)CC2)cn1. The van der Waals surface area contributed by atoms with Crippen molar-refractivity contribution in [2.24, 2.45) is 5.92 Å². The molecule has 0 bridgehead atoms. The molecule has 0 unspecified atom stereocenters. The molecule has 5 nitrogen and oxygen atoms in total. The monoisotopic (exact) mass is 290 g/mol. The molecule has 1 fully saturated rings. The number of piperidine rings is 1. The van der Waals surface area contributed by atoms with Crippen LogP contribution in [-0.4, -0.2) is 61.0 Å². The van der Waals surface area contributed by atoms with E-state index in [4.69, 9.17) is 0 Å². The van der Waals surface area contributed by atoms with Gasteiger partial charge in [-0.2, -0.15) is 0 Å². The Labute approximate surface area is 127 Å². The quantitative estimate of drug-likeness (QED) is 0.900. The van der Waals surface area contributed by atoms with Crippen LogP contribution in [0.4, 0.5) is 5.82 Å². The molecule has 1 N–H and O–H groups in total. The Bertz CT molecular complexity index is 452. The summed E-state index contributed by atoms with van der Waals surface area (Å²) in [6.07, 6.45) is 4.00. The standard InChI is InChI=1S/C16H26N4O/c1-4-17-15-6-5-14(11-18-15)16(21)20(3)12-13-7-9-19(2)10-8-13/h5-6,11,13H,4,7-10,12H2,1-3H3,(H,17,18). The van der Waals surface area contributed by atoms with Crippen molar-refractivity contribution in [3.05, 3.63) is 23.9 Å². The summed E-state index contributed by atoms with van der Waals surface area (Å²) in [5.74, 6) is 1.49. The van der Waals surface area contributed by atoms with E-state index >= 15 is 0 Å². The fourth-order valence-electron chi connectivity index (χ4n) is 2.74. The Hall–Kier alpha value is -1.62. The lowest BCUT2D eigenvalue weighted by Crippen LogP contribution is -2.38. The number of nitrogens with one attached hydrogen (secondary N) is 1. The van der Waals surface area contributed by atoms with Gasteiger partial charge < -0.3 is 15.1 Å². The maximum Gasteiger partial charge on any atom is 0.255 e. The average molecular weight is 290 g/mol. The number of nitrogens with zero attached hydrogens (tertiary/aromatic N) is 3. The van der Waals surface area contributed by atoms with E-state index in [1.165, 1.54) is 12.8 Å². The first-order chi connectivity index (χ1) is 10.1. The van der Waals surface area contributed by atoms with Crippen LogP contribution in [0.25, 0.3) is 0 Å². The fraction of sp³-hybridized carbons (Fsp3) is 0.625. The number of likely N-dealkylation sites (tertiary alicyclic amines) is 1. The molecule has 1 saturated heterocycles. The Morgan fingerprint density at radius 3 is 2.71 bits per heavy atom. The summed E-state index contributed by atoms with van der Waals surface area (Å²) in [6, 6.07) is 3.71. The Morgan fingerprint density at radius 1 is 1.43 bits per heavy atom. The van der Waals surface area contributed by atoms with Crippen molar-refractivity contribution in [2.75, 3.05) is 45.6 Å². The summed E-state index contributed by atoms with van der Waals surface area (Å²) in [4.78, 5) is 20.9. The highest BCUT2D eigenvalue weighted by Gasteiger charge is 2.21. The van der Waals surface area contributed by atoms with E-state index in [2.05, 4.69) is 22.2 Å². The molecule has 0 radical (unpaired) electrons. The van der Waals surface area contributed by atoms with Crippen LogP contribution in [0.5, 0.6) is 0 Å². The van der Waals surface area contributed by atoms with Gasteiger partial charge in [-0.3, -0.25) is 4.79 Å². The molecule has 1 aromatic heterocycles. The predicted molar refractivity (Wildman–Crippen MR) is 85.6 cm³/mol. The third-order valence-corrected chi connectivity index (χ3v) is 4.09. The number of hydrogen-bond acceptors (Lipinski definition) is 4. The van der Waals surface area contributed by atoms with Gasteiger partial charge in [0.05, 0.1) is 5.56 Å². The van der Waals surface area contributed by atoms with E-state index in [1.54, 1.807) is 6.20 Å². The molecule has 2 rings (SSSR count). The molecule has 0 aliphatic carbocycles. The smallest absolute Gasteiger partial charge is 0.255 e. The molecular weight excluding hydrogens is 264 g/mol. The van der Waals surface area contributed by atoms with Gasteiger partial charge in [0.15, 0.2) is 0 Å². The molecule has 2 heterocycles. The van der Waals surface area contributed by atoms with Crippen LogP contribution in [0, 0.1) is 5.92 Å². The number of aromatic nitrogens is 1. The van der Waals surface area contributed by atoms with Crippen LogP contribution in [0.15, 0.2) is 18.3 Å². The zero-order valence-electron chi connectivity index (χ0n) is 13.3. The summed E-state index contributed by atoms with van der Waals surface area (Å²) < 4.78 is 0. The van der Waals surface area contributed by atoms with E-state index in [-0.39, 0.29) is 5.91 Å². The number of hydrogen-bond donors (Lipinski definition) is 1. The number of amides is 1. The molecule has 0 aromatic carbocycles. The van der Waals surface area contributed by atoms with Gasteiger partial charge in [-0.1, -0.05) is 0 Å². The number of pyridine rings is 1. The van der Waals surface area contributed by atoms with E-state index in [1.807, 2.05) is 31.0 Å². The van der Waals surface area contributed by atoms with Crippen LogP contribution in [0.3, 0.4) is 0 Å². The molecule has 116 valence electrons. The fourth-order valence-corrected chi connectivity index (χ4v) is 2.74. The van der Waals surface area contributed by atoms with E-state index < -0.39 is 0 Å². The van der Waals surface area contributed by atoms with Gasteiger partial charge in [-0.25, -0.2) is 4.98 Å². The third-order valence-electron chi connectivity index (χ3n) is 4.09. The highest BCUT2D eigenvalue weighted by atomic mass is 16.2. The second-order valence-electron chi connectivity index (χ2n) is 5.89. The maximum absolute atomic E-state index is 12.4. The normalized spacial score (nSPS) is 16.7. The lowest BCUT2D eigenvalue weighted by molar-refractivity contribution is 0.0747. The van der Waals surface area contributed by atoms with Crippen molar-refractivity contribution >= 4 is 11.7 Å². The first-order valence-corrected chi connectivity index (χ1v) is 7.74. The summed E-state index contributed by atoms with van der Waals surface area (Å²) in [6.45, 7) is 5.95. The molecule has 0 spiro atoms. The second-order valence-corrected chi connectivity index (χ2v) is 5.89. The predicted octanol–water partition coefficient (Wildman–Crippen LogP) is 1.93. The number of carbonyl (C=O) groups excluding carboxylic acids is 1. The van der Waals surface area contributed by atoms with E-state index in [9.17, 15) is 4.79 Å². The van der Waals surface area contributed by atoms with Gasteiger partial charge in [-0.15, -0.1) is 0 Å². The zero-order valence-corrected chi connectivity index (χ0v) is 13.3. The molecule has 5 heteroatoms. The summed E-state index contributed by atoms with van der Waals surface area (Å²) in [5, 5.41) is 3.13. The topological polar surface area (TPSA) is 48.5 Å². The molecule has 1 aromatic rings. The molecule has 1 aliphatic rings.